The van der Waals surface area contributed by atoms with Crippen LogP contribution in [0, 0.1) is 34.0 Å². The van der Waals surface area contributed by atoms with Crippen molar-refractivity contribution in [2.75, 3.05) is 0 Å². The number of ketones is 2. The fraction of sp³-hybridized carbons (Fsp3) is 0.741. The summed E-state index contributed by atoms with van der Waals surface area (Å²) in [5, 5.41) is 30.5. The third-order valence-electron chi connectivity index (χ3n) is 9.34. The van der Waals surface area contributed by atoms with E-state index < -0.39 is 45.5 Å². The number of hydrogen-bond donors (Lipinski definition) is 3. The molecule has 3 fully saturated rings. The van der Waals surface area contributed by atoms with Crippen molar-refractivity contribution in [1.29, 1.82) is 0 Å². The molecule has 4 aliphatic rings. The molecule has 0 aromatic carbocycles. The molecule has 7 heteroatoms. The number of fused-ring (bicyclic) bond motifs is 5. The molecule has 6 nitrogen and oxygen atoms in total. The van der Waals surface area contributed by atoms with Crippen molar-refractivity contribution in [3.8, 4) is 0 Å². The number of carboxylic acid groups (broad SMARTS) is 1. The Morgan fingerprint density at radius 2 is 1.74 bits per heavy atom. The third-order valence-corrected chi connectivity index (χ3v) is 9.34. The lowest BCUT2D eigenvalue weighted by atomic mass is 9.43. The van der Waals surface area contributed by atoms with Crippen LogP contribution in [0.4, 0.5) is 4.39 Å². The minimum atomic E-state index is -1.92. The molecule has 190 valence electrons. The lowest BCUT2D eigenvalue weighted by Crippen LogP contribution is -2.69. The first-order valence-electron chi connectivity index (χ1n) is 12.2. The molecule has 0 aliphatic heterocycles. The van der Waals surface area contributed by atoms with Gasteiger partial charge in [-0.2, -0.15) is 0 Å². The van der Waals surface area contributed by atoms with Crippen LogP contribution in [-0.4, -0.2) is 50.2 Å². The lowest BCUT2D eigenvalue weighted by molar-refractivity contribution is -0.219. The Morgan fingerprint density at radius 3 is 2.24 bits per heavy atom. The van der Waals surface area contributed by atoms with Gasteiger partial charge in [0.2, 0.25) is 0 Å². The highest BCUT2D eigenvalue weighted by molar-refractivity contribution is 6.01. The molecule has 0 spiro atoms. The largest absolute Gasteiger partial charge is 0.481 e. The Labute approximate surface area is 201 Å². The first-order chi connectivity index (χ1) is 15.4. The number of carbonyl (C=O) groups excluding carboxylic acids is 2. The zero-order chi connectivity index (χ0) is 26.1. The molecule has 0 amide bonds. The highest BCUT2D eigenvalue weighted by atomic mass is 19.1. The molecule has 34 heavy (non-hydrogen) atoms. The maximum atomic E-state index is 16.9. The first kappa shape index (κ1) is 26.7. The monoisotopic (exact) mass is 478 g/mol. The molecular formula is C27H39FO6. The van der Waals surface area contributed by atoms with Gasteiger partial charge >= 0.3 is 5.97 Å². The van der Waals surface area contributed by atoms with Crippen molar-refractivity contribution >= 4 is 17.5 Å². The zero-order valence-electron chi connectivity index (χ0n) is 21.3. The quantitative estimate of drug-likeness (QED) is 0.524. The van der Waals surface area contributed by atoms with Crippen LogP contribution in [0.2, 0.25) is 0 Å². The third kappa shape index (κ3) is 3.53. The van der Waals surface area contributed by atoms with E-state index in [1.165, 1.54) is 19.1 Å². The van der Waals surface area contributed by atoms with Crippen molar-refractivity contribution in [3.05, 3.63) is 23.8 Å². The number of aliphatic hydroxyl groups is 2. The van der Waals surface area contributed by atoms with Crippen LogP contribution >= 0.6 is 0 Å². The van der Waals surface area contributed by atoms with E-state index in [1.54, 1.807) is 33.8 Å². The fourth-order valence-electron chi connectivity index (χ4n) is 7.18. The SMILES string of the molecule is CC(=O)[C@@]1(O)CC[C@H]2[C@@H]3C[C@H](C)C4=CC(=O)C=C[C@]4(C)[C@@]3(F)[C@@H](O)C[C@@]21C.CC(C)(C)C(=O)O. The van der Waals surface area contributed by atoms with Crippen LogP contribution in [0.25, 0.3) is 0 Å². The molecule has 0 unspecified atom stereocenters. The van der Waals surface area contributed by atoms with Crippen molar-refractivity contribution < 1.29 is 34.1 Å². The Hall–Kier alpha value is -1.86. The number of rotatable bonds is 1. The predicted molar refractivity (Wildman–Crippen MR) is 126 cm³/mol. The summed E-state index contributed by atoms with van der Waals surface area (Å²) in [4.78, 5) is 34.2. The number of aliphatic hydroxyl groups excluding tert-OH is 1. The van der Waals surface area contributed by atoms with Gasteiger partial charge < -0.3 is 15.3 Å². The number of aliphatic carboxylic acids is 1. The summed E-state index contributed by atoms with van der Waals surface area (Å²) in [6.07, 6.45) is 4.68. The second kappa shape index (κ2) is 8.09. The van der Waals surface area contributed by atoms with E-state index in [1.807, 2.05) is 13.8 Å². The summed E-state index contributed by atoms with van der Waals surface area (Å²) >= 11 is 0. The molecule has 0 aromatic heterocycles. The zero-order valence-corrected chi connectivity index (χ0v) is 21.3. The number of carbonyl (C=O) groups is 3. The van der Waals surface area contributed by atoms with Crippen LogP contribution < -0.4 is 0 Å². The van der Waals surface area contributed by atoms with E-state index in [4.69, 9.17) is 5.11 Å². The van der Waals surface area contributed by atoms with E-state index in [0.717, 1.165) is 5.57 Å². The standard InChI is InChI=1S/C22H29FO4.C5H10O2/c1-12-9-17-15-6-8-21(27,13(2)24)20(15,4)11-18(26)22(17,23)19(3)7-5-14(25)10-16(12)19;1-5(2,3)4(6)7/h5,7,10,12,15,17-18,26-27H,6,8-9,11H2,1-4H3;1-3H3,(H,6,7)/t12-,15-,17-,18-,19-,20-,21-,22-;/m0./s1. The number of hydrogen-bond acceptors (Lipinski definition) is 5. The maximum absolute atomic E-state index is 16.9. The topological polar surface area (TPSA) is 112 Å². The second-order valence-electron chi connectivity index (χ2n) is 12.3. The molecule has 0 bridgehead atoms. The van der Waals surface area contributed by atoms with Crippen LogP contribution in [-0.2, 0) is 14.4 Å². The van der Waals surface area contributed by atoms with Gasteiger partial charge in [0.1, 0.15) is 5.60 Å². The first-order valence-corrected chi connectivity index (χ1v) is 12.2. The van der Waals surface area contributed by atoms with E-state index >= 15 is 4.39 Å². The molecule has 0 radical (unpaired) electrons. The van der Waals surface area contributed by atoms with Gasteiger partial charge in [-0.05, 0) is 84.3 Å². The fourth-order valence-corrected chi connectivity index (χ4v) is 7.18. The van der Waals surface area contributed by atoms with Crippen LogP contribution in [0.3, 0.4) is 0 Å². The smallest absolute Gasteiger partial charge is 0.308 e. The molecule has 4 rings (SSSR count). The van der Waals surface area contributed by atoms with Crippen molar-refractivity contribution in [3.63, 3.8) is 0 Å². The van der Waals surface area contributed by atoms with Crippen molar-refractivity contribution in [2.45, 2.75) is 91.5 Å². The van der Waals surface area contributed by atoms with Crippen LogP contribution in [0.15, 0.2) is 23.8 Å². The van der Waals surface area contributed by atoms with Crippen molar-refractivity contribution in [2.24, 2.45) is 34.0 Å². The number of alkyl halides is 1. The van der Waals surface area contributed by atoms with E-state index in [-0.39, 0.29) is 29.8 Å². The normalized spacial score (nSPS) is 45.2. The van der Waals surface area contributed by atoms with Gasteiger partial charge in [0.05, 0.1) is 11.5 Å². The Morgan fingerprint density at radius 1 is 1.18 bits per heavy atom. The number of Topliss-reactive ketones (excluding diaryl/α,β-unsaturated/α-hetero) is 1. The molecule has 0 heterocycles. The average molecular weight is 479 g/mol. The minimum absolute atomic E-state index is 0.00153. The Balaban J connectivity index is 0.000000406. The van der Waals surface area contributed by atoms with Crippen LogP contribution in [0.1, 0.15) is 74.1 Å². The highest BCUT2D eigenvalue weighted by Gasteiger charge is 2.74. The van der Waals surface area contributed by atoms with Gasteiger partial charge in [-0.25, -0.2) is 4.39 Å². The van der Waals surface area contributed by atoms with Crippen molar-refractivity contribution in [1.82, 2.24) is 0 Å². The van der Waals surface area contributed by atoms with Gasteiger partial charge in [-0.1, -0.05) is 25.5 Å². The molecular weight excluding hydrogens is 439 g/mol. The molecule has 3 saturated carbocycles. The van der Waals surface area contributed by atoms with Gasteiger partial charge in [0.15, 0.2) is 17.2 Å². The van der Waals surface area contributed by atoms with Crippen LogP contribution in [0.5, 0.6) is 0 Å². The summed E-state index contributed by atoms with van der Waals surface area (Å²) in [5.41, 5.74) is -5.17. The minimum Gasteiger partial charge on any atom is -0.481 e. The number of allylic oxidation sites excluding steroid dienone is 4. The second-order valence-corrected chi connectivity index (χ2v) is 12.3. The van der Waals surface area contributed by atoms with Gasteiger partial charge in [0, 0.05) is 16.7 Å². The number of carboxylic acids is 1. The van der Waals surface area contributed by atoms with E-state index in [0.29, 0.717) is 19.3 Å². The predicted octanol–water partition coefficient (Wildman–Crippen LogP) is 4.04. The molecule has 8 atom stereocenters. The Kier molecular flexibility index (Phi) is 6.36. The summed E-state index contributed by atoms with van der Waals surface area (Å²) in [7, 11) is 0. The molecule has 0 aromatic rings. The van der Waals surface area contributed by atoms with Gasteiger partial charge in [-0.15, -0.1) is 0 Å². The van der Waals surface area contributed by atoms with Gasteiger partial charge in [0.25, 0.3) is 0 Å². The lowest BCUT2D eigenvalue weighted by Gasteiger charge is -2.63. The summed E-state index contributed by atoms with van der Waals surface area (Å²) in [5.74, 6) is -1.87. The highest BCUT2D eigenvalue weighted by Crippen LogP contribution is 2.70. The Bertz CT molecular complexity index is 963. The summed E-state index contributed by atoms with van der Waals surface area (Å²) in [6.45, 7) is 12.0. The maximum Gasteiger partial charge on any atom is 0.308 e. The summed E-state index contributed by atoms with van der Waals surface area (Å²) in [6, 6.07) is 0. The number of halogens is 1. The van der Waals surface area contributed by atoms with Gasteiger partial charge in [-0.3, -0.25) is 14.4 Å². The molecule has 0 saturated heterocycles. The molecule has 3 N–H and O–H groups in total. The molecule has 4 aliphatic carbocycles. The van der Waals surface area contributed by atoms with E-state index in [9.17, 15) is 24.6 Å². The summed E-state index contributed by atoms with van der Waals surface area (Å²) < 4.78 is 16.9. The van der Waals surface area contributed by atoms with E-state index in [2.05, 4.69) is 0 Å². The average Bonchev–Trinajstić information content (AvgIpc) is 2.97.